The van der Waals surface area contributed by atoms with Gasteiger partial charge in [-0.15, -0.1) is 0 Å². The average molecular weight is 343 g/mol. The molecule has 24 heavy (non-hydrogen) atoms. The first-order valence-corrected chi connectivity index (χ1v) is 9.56. The van der Waals surface area contributed by atoms with Crippen molar-refractivity contribution in [3.8, 4) is 0 Å². The molecule has 5 nitrogen and oxygen atoms in total. The van der Waals surface area contributed by atoms with Gasteiger partial charge < -0.3 is 0 Å². The molecular formula is C18H21N3O2S. The second-order valence-electron chi connectivity index (χ2n) is 5.92. The van der Waals surface area contributed by atoms with Crippen LogP contribution in [-0.4, -0.2) is 43.6 Å². The molecule has 1 fully saturated rings. The molecule has 0 aliphatic carbocycles. The Kier molecular flexibility index (Phi) is 5.37. The van der Waals surface area contributed by atoms with Gasteiger partial charge in [0.25, 0.3) is 10.0 Å². The maximum absolute atomic E-state index is 12.5. The maximum atomic E-state index is 12.5. The largest absolute Gasteiger partial charge is 0.292 e. The normalized spacial score (nSPS) is 17.3. The van der Waals surface area contributed by atoms with Gasteiger partial charge in [0.15, 0.2) is 5.03 Å². The minimum Gasteiger partial charge on any atom is -0.292 e. The second kappa shape index (κ2) is 7.68. The molecule has 6 heteroatoms. The van der Waals surface area contributed by atoms with Crippen LogP contribution in [0.25, 0.3) is 0 Å². The quantitative estimate of drug-likeness (QED) is 0.784. The van der Waals surface area contributed by atoms with Crippen LogP contribution in [0.2, 0.25) is 0 Å². The van der Waals surface area contributed by atoms with Gasteiger partial charge >= 0.3 is 0 Å². The Bertz CT molecular complexity index is 768. The first-order chi connectivity index (χ1) is 11.7. The fraction of sp³-hybridized carbons (Fsp3) is 0.333. The Morgan fingerprint density at radius 3 is 2.46 bits per heavy atom. The molecule has 0 bridgehead atoms. The Labute approximate surface area is 143 Å². The summed E-state index contributed by atoms with van der Waals surface area (Å²) in [4.78, 5) is 8.48. The molecule has 1 aromatic carbocycles. The lowest BCUT2D eigenvalue weighted by molar-refractivity contribution is 0.278. The van der Waals surface area contributed by atoms with E-state index < -0.39 is 10.0 Å². The summed E-state index contributed by atoms with van der Waals surface area (Å²) in [6.07, 6.45) is 5.06. The van der Waals surface area contributed by atoms with Gasteiger partial charge in [0.2, 0.25) is 0 Å². The van der Waals surface area contributed by atoms with Crippen LogP contribution in [0, 0.1) is 5.92 Å². The number of hydrogen-bond acceptors (Lipinski definition) is 4. The Morgan fingerprint density at radius 1 is 1.08 bits per heavy atom. The number of sulfonamides is 1. The third-order valence-electron chi connectivity index (χ3n) is 4.22. The summed E-state index contributed by atoms with van der Waals surface area (Å²) in [7, 11) is -3.47. The van der Waals surface area contributed by atoms with E-state index in [2.05, 4.69) is 9.98 Å². The van der Waals surface area contributed by atoms with Crippen LogP contribution in [-0.2, 0) is 10.0 Å². The van der Waals surface area contributed by atoms with E-state index in [0.717, 1.165) is 24.9 Å². The average Bonchev–Trinajstić information content (AvgIpc) is 2.64. The summed E-state index contributed by atoms with van der Waals surface area (Å²) in [6.45, 7) is 1.81. The third-order valence-corrected chi connectivity index (χ3v) is 6.03. The highest BCUT2D eigenvalue weighted by Gasteiger charge is 2.29. The molecule has 3 rings (SSSR count). The first-order valence-electron chi connectivity index (χ1n) is 8.12. The minimum absolute atomic E-state index is 0.130. The van der Waals surface area contributed by atoms with Gasteiger partial charge in [-0.1, -0.05) is 36.4 Å². The van der Waals surface area contributed by atoms with Crippen LogP contribution in [0.3, 0.4) is 0 Å². The Hall–Kier alpha value is -2.05. The van der Waals surface area contributed by atoms with Crippen LogP contribution in [0.5, 0.6) is 0 Å². The van der Waals surface area contributed by atoms with Crippen molar-refractivity contribution in [2.45, 2.75) is 17.9 Å². The minimum atomic E-state index is -3.47. The van der Waals surface area contributed by atoms with E-state index in [9.17, 15) is 8.42 Å². The lowest BCUT2D eigenvalue weighted by Gasteiger charge is -2.30. The highest BCUT2D eigenvalue weighted by molar-refractivity contribution is 7.89. The lowest BCUT2D eigenvalue weighted by atomic mass is 9.98. The predicted molar refractivity (Wildman–Crippen MR) is 94.6 cm³/mol. The molecule has 2 heterocycles. The van der Waals surface area contributed by atoms with Gasteiger partial charge in [0.05, 0.1) is 0 Å². The first kappa shape index (κ1) is 16.8. The maximum Gasteiger partial charge on any atom is 0.260 e. The van der Waals surface area contributed by atoms with Gasteiger partial charge in [-0.05, 0) is 36.5 Å². The van der Waals surface area contributed by atoms with Crippen molar-refractivity contribution in [3.05, 3.63) is 60.3 Å². The number of pyridine rings is 1. The van der Waals surface area contributed by atoms with Crippen molar-refractivity contribution in [2.75, 3.05) is 19.6 Å². The summed E-state index contributed by atoms with van der Waals surface area (Å²) in [5.41, 5.74) is 1.09. The topological polar surface area (TPSA) is 62.6 Å². The van der Waals surface area contributed by atoms with E-state index >= 15 is 0 Å². The molecule has 1 aliphatic heterocycles. The van der Waals surface area contributed by atoms with Gasteiger partial charge in [-0.25, -0.2) is 13.4 Å². The van der Waals surface area contributed by atoms with Gasteiger partial charge in [-0.2, -0.15) is 4.31 Å². The highest BCUT2D eigenvalue weighted by Crippen LogP contribution is 2.23. The van der Waals surface area contributed by atoms with Crippen molar-refractivity contribution >= 4 is 16.2 Å². The molecule has 2 aromatic rings. The van der Waals surface area contributed by atoms with Crippen LogP contribution < -0.4 is 0 Å². The number of nitrogens with zero attached hydrogens (tertiary/aromatic N) is 3. The molecule has 0 atom stereocenters. The van der Waals surface area contributed by atoms with E-state index in [-0.39, 0.29) is 5.03 Å². The molecule has 0 radical (unpaired) electrons. The second-order valence-corrected chi connectivity index (χ2v) is 7.81. The van der Waals surface area contributed by atoms with Gasteiger partial charge in [0.1, 0.15) is 0 Å². The number of benzene rings is 1. The van der Waals surface area contributed by atoms with Gasteiger partial charge in [0, 0.05) is 32.0 Å². The zero-order valence-electron chi connectivity index (χ0n) is 13.5. The standard InChI is InChI=1S/C18H21N3O2S/c22-24(23,18-8-4-5-11-20-18)21-12-9-17(10-13-21)15-19-14-16-6-2-1-3-7-16/h1-8,11,14,17H,9-10,12-13,15H2/b19-14+. The molecule has 0 amide bonds. The summed E-state index contributed by atoms with van der Waals surface area (Å²) in [5, 5.41) is 0.130. The van der Waals surface area contributed by atoms with Crippen molar-refractivity contribution in [1.29, 1.82) is 0 Å². The van der Waals surface area contributed by atoms with Crippen molar-refractivity contribution < 1.29 is 8.42 Å². The number of aliphatic imine (C=N–C) groups is 1. The number of aromatic nitrogens is 1. The van der Waals surface area contributed by atoms with E-state index in [1.165, 1.54) is 10.5 Å². The molecule has 1 aliphatic rings. The molecule has 0 spiro atoms. The fourth-order valence-electron chi connectivity index (χ4n) is 2.81. The van der Waals surface area contributed by atoms with E-state index in [1.807, 2.05) is 36.5 Å². The number of hydrogen-bond donors (Lipinski definition) is 0. The third kappa shape index (κ3) is 4.07. The van der Waals surface area contributed by atoms with Crippen LogP contribution in [0.4, 0.5) is 0 Å². The molecular weight excluding hydrogens is 322 g/mol. The van der Waals surface area contributed by atoms with Crippen LogP contribution >= 0.6 is 0 Å². The zero-order valence-corrected chi connectivity index (χ0v) is 14.3. The zero-order chi connectivity index (χ0) is 16.8. The predicted octanol–water partition coefficient (Wildman–Crippen LogP) is 2.60. The molecule has 0 saturated carbocycles. The van der Waals surface area contributed by atoms with Crippen LogP contribution in [0.1, 0.15) is 18.4 Å². The Balaban J connectivity index is 1.53. The molecule has 1 saturated heterocycles. The summed E-state index contributed by atoms with van der Waals surface area (Å²) < 4.78 is 26.6. The highest BCUT2D eigenvalue weighted by atomic mass is 32.2. The lowest BCUT2D eigenvalue weighted by Crippen LogP contribution is -2.39. The van der Waals surface area contributed by atoms with E-state index in [1.54, 1.807) is 18.2 Å². The SMILES string of the molecule is O=S(=O)(c1ccccn1)N1CCC(C/N=C/c2ccccc2)CC1. The van der Waals surface area contributed by atoms with Crippen LogP contribution in [0.15, 0.2) is 64.7 Å². The fourth-order valence-corrected chi connectivity index (χ4v) is 4.21. The molecule has 1 aromatic heterocycles. The van der Waals surface area contributed by atoms with Crippen molar-refractivity contribution in [1.82, 2.24) is 9.29 Å². The monoisotopic (exact) mass is 343 g/mol. The summed E-state index contributed by atoms with van der Waals surface area (Å²) >= 11 is 0. The summed E-state index contributed by atoms with van der Waals surface area (Å²) in [6, 6.07) is 15.0. The van der Waals surface area contributed by atoms with Gasteiger partial charge in [-0.3, -0.25) is 4.99 Å². The van der Waals surface area contributed by atoms with E-state index in [0.29, 0.717) is 19.0 Å². The smallest absolute Gasteiger partial charge is 0.260 e. The van der Waals surface area contributed by atoms with E-state index in [4.69, 9.17) is 0 Å². The number of rotatable bonds is 5. The molecule has 0 N–H and O–H groups in total. The number of piperidine rings is 1. The summed E-state index contributed by atoms with van der Waals surface area (Å²) in [5.74, 6) is 0.431. The molecule has 0 unspecified atom stereocenters. The van der Waals surface area contributed by atoms with Crippen molar-refractivity contribution in [3.63, 3.8) is 0 Å². The van der Waals surface area contributed by atoms with Crippen molar-refractivity contribution in [2.24, 2.45) is 10.9 Å². The Morgan fingerprint density at radius 2 is 1.79 bits per heavy atom. The molecule has 126 valence electrons.